The van der Waals surface area contributed by atoms with E-state index in [1.807, 2.05) is 23.1 Å². The van der Waals surface area contributed by atoms with Crippen molar-refractivity contribution >= 4 is 16.8 Å². The van der Waals surface area contributed by atoms with E-state index in [0.29, 0.717) is 30.2 Å². The number of fused-ring (bicyclic) bond motifs is 1. The molecule has 4 rings (SSSR count). The Morgan fingerprint density at radius 3 is 2.59 bits per heavy atom. The van der Waals surface area contributed by atoms with E-state index in [4.69, 9.17) is 19.2 Å². The van der Waals surface area contributed by atoms with Crippen molar-refractivity contribution in [2.24, 2.45) is 0 Å². The molecule has 1 aromatic heterocycles. The van der Waals surface area contributed by atoms with Crippen molar-refractivity contribution in [3.63, 3.8) is 0 Å². The van der Waals surface area contributed by atoms with Crippen LogP contribution in [0.5, 0.6) is 11.5 Å². The highest BCUT2D eigenvalue weighted by Gasteiger charge is 2.31. The lowest BCUT2D eigenvalue weighted by Gasteiger charge is -2.32. The Balaban J connectivity index is 1.72. The van der Waals surface area contributed by atoms with Gasteiger partial charge >= 0.3 is 0 Å². The number of rotatable bonds is 9. The van der Waals surface area contributed by atoms with E-state index in [2.05, 4.69) is 19.2 Å². The first-order valence-electron chi connectivity index (χ1n) is 12.8. The second-order valence-corrected chi connectivity index (χ2v) is 9.68. The van der Waals surface area contributed by atoms with E-state index in [1.165, 1.54) is 25.7 Å². The summed E-state index contributed by atoms with van der Waals surface area (Å²) in [4.78, 5) is 20.6. The molecule has 0 spiro atoms. The predicted molar refractivity (Wildman–Crippen MR) is 134 cm³/mol. The van der Waals surface area contributed by atoms with Gasteiger partial charge in [-0.3, -0.25) is 4.79 Å². The van der Waals surface area contributed by atoms with Crippen LogP contribution in [0.2, 0.25) is 0 Å². The fourth-order valence-electron chi connectivity index (χ4n) is 5.12. The summed E-state index contributed by atoms with van der Waals surface area (Å²) in [6, 6.07) is 7.96. The van der Waals surface area contributed by atoms with Crippen LogP contribution >= 0.6 is 0 Å². The molecule has 1 saturated carbocycles. The van der Waals surface area contributed by atoms with Gasteiger partial charge in [0.15, 0.2) is 0 Å². The minimum atomic E-state index is -0.0635. The minimum Gasteiger partial charge on any atom is -0.490 e. The third-order valence-corrected chi connectivity index (χ3v) is 6.84. The summed E-state index contributed by atoms with van der Waals surface area (Å²) in [7, 11) is 1.65. The number of aromatic nitrogens is 1. The van der Waals surface area contributed by atoms with Crippen LogP contribution in [0.1, 0.15) is 69.3 Å². The number of para-hydroxylation sites is 1. The van der Waals surface area contributed by atoms with Crippen LogP contribution in [-0.2, 0) is 4.74 Å². The summed E-state index contributed by atoms with van der Waals surface area (Å²) in [5, 5.41) is 4.23. The summed E-state index contributed by atoms with van der Waals surface area (Å²) in [5.41, 5.74) is 1.09. The Bertz CT molecular complexity index is 950. The maximum absolute atomic E-state index is 13.8. The summed E-state index contributed by atoms with van der Waals surface area (Å²) in [6.07, 6.45) is 8.17. The van der Waals surface area contributed by atoms with Crippen LogP contribution in [0.15, 0.2) is 24.3 Å². The average Bonchev–Trinajstić information content (AvgIpc) is 3.22. The van der Waals surface area contributed by atoms with Crippen molar-refractivity contribution in [3.05, 3.63) is 30.0 Å². The molecule has 2 aliphatic rings. The van der Waals surface area contributed by atoms with Crippen LogP contribution in [-0.4, -0.2) is 67.4 Å². The minimum absolute atomic E-state index is 0.0635. The molecular weight excluding hydrogens is 430 g/mol. The van der Waals surface area contributed by atoms with Gasteiger partial charge in [-0.2, -0.15) is 0 Å². The second kappa shape index (κ2) is 11.8. The van der Waals surface area contributed by atoms with E-state index in [9.17, 15) is 4.79 Å². The van der Waals surface area contributed by atoms with Gasteiger partial charge in [0.25, 0.3) is 5.91 Å². The van der Waals surface area contributed by atoms with Gasteiger partial charge < -0.3 is 24.4 Å². The summed E-state index contributed by atoms with van der Waals surface area (Å²) in [6.45, 7) is 6.73. The molecular formula is C27H39N3O4. The van der Waals surface area contributed by atoms with Gasteiger partial charge in [-0.15, -0.1) is 0 Å². The van der Waals surface area contributed by atoms with E-state index < -0.39 is 0 Å². The van der Waals surface area contributed by atoms with Gasteiger partial charge in [0, 0.05) is 37.2 Å². The first kappa shape index (κ1) is 24.7. The van der Waals surface area contributed by atoms with Gasteiger partial charge in [-0.25, -0.2) is 4.98 Å². The number of amides is 1. The summed E-state index contributed by atoms with van der Waals surface area (Å²) < 4.78 is 17.8. The molecule has 1 aliphatic heterocycles. The first-order chi connectivity index (χ1) is 16.6. The Labute approximate surface area is 203 Å². The van der Waals surface area contributed by atoms with Gasteiger partial charge in [-0.05, 0) is 64.6 Å². The molecule has 1 aromatic carbocycles. The quantitative estimate of drug-likeness (QED) is 0.428. The Kier molecular flexibility index (Phi) is 8.62. The number of benzene rings is 1. The molecule has 0 bridgehead atoms. The molecule has 2 heterocycles. The average molecular weight is 470 g/mol. The number of nitrogens with one attached hydrogen (secondary N) is 1. The van der Waals surface area contributed by atoms with Crippen molar-refractivity contribution in [2.45, 2.75) is 77.0 Å². The van der Waals surface area contributed by atoms with E-state index in [1.54, 1.807) is 13.2 Å². The third-order valence-electron chi connectivity index (χ3n) is 6.84. The summed E-state index contributed by atoms with van der Waals surface area (Å²) >= 11 is 0. The fourth-order valence-corrected chi connectivity index (χ4v) is 5.12. The number of hydrogen-bond donors (Lipinski definition) is 1. The maximum Gasteiger partial charge on any atom is 0.273 e. The molecule has 186 valence electrons. The van der Waals surface area contributed by atoms with Crippen molar-refractivity contribution in [2.75, 3.05) is 33.4 Å². The molecule has 0 radical (unpaired) electrons. The zero-order chi connectivity index (χ0) is 23.9. The van der Waals surface area contributed by atoms with Crippen LogP contribution in [0, 0.1) is 0 Å². The predicted octanol–water partition coefficient (Wildman–Crippen LogP) is 4.57. The number of carbonyl (C=O) groups is 1. The molecule has 2 aromatic rings. The first-order valence-corrected chi connectivity index (χ1v) is 12.8. The van der Waals surface area contributed by atoms with Gasteiger partial charge in [0.05, 0.1) is 12.7 Å². The number of nitrogens with zero attached hydrogens (tertiary/aromatic N) is 2. The Morgan fingerprint density at radius 1 is 1.12 bits per heavy atom. The molecule has 2 fully saturated rings. The Morgan fingerprint density at radius 2 is 1.91 bits per heavy atom. The van der Waals surface area contributed by atoms with E-state index in [-0.39, 0.29) is 24.1 Å². The summed E-state index contributed by atoms with van der Waals surface area (Å²) in [5.74, 6) is 1.31. The molecule has 7 heteroatoms. The fraction of sp³-hybridized carbons (Fsp3) is 0.630. The highest BCUT2D eigenvalue weighted by atomic mass is 16.5. The van der Waals surface area contributed by atoms with Gasteiger partial charge in [0.1, 0.15) is 29.3 Å². The molecule has 1 amide bonds. The maximum atomic E-state index is 13.8. The van der Waals surface area contributed by atoms with Gasteiger partial charge in [0.2, 0.25) is 0 Å². The molecule has 1 N–H and O–H groups in total. The Hall–Kier alpha value is -2.38. The number of ether oxygens (including phenoxy) is 3. The monoisotopic (exact) mass is 469 g/mol. The van der Waals surface area contributed by atoms with Crippen molar-refractivity contribution in [1.29, 1.82) is 0 Å². The third kappa shape index (κ3) is 5.81. The lowest BCUT2D eigenvalue weighted by molar-refractivity contribution is 0.0620. The molecule has 1 saturated heterocycles. The van der Waals surface area contributed by atoms with Crippen molar-refractivity contribution in [3.8, 4) is 11.5 Å². The van der Waals surface area contributed by atoms with Crippen molar-refractivity contribution < 1.29 is 19.0 Å². The number of hydrogen-bond acceptors (Lipinski definition) is 6. The highest BCUT2D eigenvalue weighted by molar-refractivity contribution is 5.98. The smallest absolute Gasteiger partial charge is 0.273 e. The molecule has 7 nitrogen and oxygen atoms in total. The zero-order valence-corrected chi connectivity index (χ0v) is 20.8. The molecule has 0 unspecified atom stereocenters. The topological polar surface area (TPSA) is 72.9 Å². The SMILES string of the molecule is COCCOc1cc(C(=O)N(C(C)C)[C@H]2CCNC2)nc2c(OC3CCCCCC3)cccc12. The largest absolute Gasteiger partial charge is 0.490 e. The molecule has 1 aliphatic carbocycles. The number of carbonyl (C=O) groups excluding carboxylic acids is 1. The van der Waals surface area contributed by atoms with E-state index >= 15 is 0 Å². The van der Waals surface area contributed by atoms with Crippen LogP contribution in [0.3, 0.4) is 0 Å². The second-order valence-electron chi connectivity index (χ2n) is 9.68. The van der Waals surface area contributed by atoms with Crippen LogP contribution < -0.4 is 14.8 Å². The lowest BCUT2D eigenvalue weighted by Crippen LogP contribution is -2.46. The lowest BCUT2D eigenvalue weighted by atomic mass is 10.1. The van der Waals surface area contributed by atoms with Crippen LogP contribution in [0.4, 0.5) is 0 Å². The normalized spacial score (nSPS) is 19.4. The number of methoxy groups -OCH3 is 1. The van der Waals surface area contributed by atoms with Crippen molar-refractivity contribution in [1.82, 2.24) is 15.2 Å². The highest BCUT2D eigenvalue weighted by Crippen LogP contribution is 2.34. The zero-order valence-electron chi connectivity index (χ0n) is 20.8. The standard InChI is InChI=1S/C27H39N3O4/c1-19(2)30(20-13-14-28-18-20)27(31)23-17-25(33-16-15-32-3)22-11-8-12-24(26(22)29-23)34-21-9-6-4-5-7-10-21/h8,11-12,17,19-21,28H,4-7,9-10,13-16,18H2,1-3H3/t20-/m0/s1. The number of pyridine rings is 1. The van der Waals surface area contributed by atoms with Crippen LogP contribution in [0.25, 0.3) is 10.9 Å². The van der Waals surface area contributed by atoms with E-state index in [0.717, 1.165) is 43.5 Å². The molecule has 34 heavy (non-hydrogen) atoms. The van der Waals surface area contributed by atoms with Gasteiger partial charge in [-0.1, -0.05) is 18.9 Å². The molecule has 1 atom stereocenters.